The number of aryl methyl sites for hydroxylation is 2. The van der Waals surface area contributed by atoms with Gasteiger partial charge in [0, 0.05) is 31.6 Å². The first-order valence-corrected chi connectivity index (χ1v) is 10.2. The first-order valence-electron chi connectivity index (χ1n) is 9.82. The predicted octanol–water partition coefficient (Wildman–Crippen LogP) is 3.21. The molecule has 1 aliphatic rings. The van der Waals surface area contributed by atoms with Crippen molar-refractivity contribution in [3.8, 4) is 0 Å². The lowest BCUT2D eigenvalue weighted by Crippen LogP contribution is -2.40. The molecule has 1 aliphatic heterocycles. The minimum Gasteiger partial charge on any atom is -0.356 e. The molecular formula is C21H29ClN4O. The van der Waals surface area contributed by atoms with Crippen LogP contribution in [0.2, 0.25) is 5.15 Å². The van der Waals surface area contributed by atoms with Crippen LogP contribution in [0.15, 0.2) is 30.3 Å². The Labute approximate surface area is 166 Å². The summed E-state index contributed by atoms with van der Waals surface area (Å²) in [5, 5.41) is 8.32. The highest BCUT2D eigenvalue weighted by molar-refractivity contribution is 6.30. The van der Waals surface area contributed by atoms with Gasteiger partial charge in [-0.2, -0.15) is 5.10 Å². The number of hydrogen-bond acceptors (Lipinski definition) is 3. The van der Waals surface area contributed by atoms with E-state index in [0.29, 0.717) is 6.54 Å². The molecule has 1 amide bonds. The van der Waals surface area contributed by atoms with Crippen molar-refractivity contribution in [2.45, 2.75) is 39.2 Å². The molecule has 0 spiro atoms. The Morgan fingerprint density at radius 3 is 2.63 bits per heavy atom. The highest BCUT2D eigenvalue weighted by Crippen LogP contribution is 2.25. The number of likely N-dealkylation sites (tertiary alicyclic amines) is 1. The van der Waals surface area contributed by atoms with Gasteiger partial charge in [-0.25, -0.2) is 0 Å². The fourth-order valence-corrected chi connectivity index (χ4v) is 3.94. The summed E-state index contributed by atoms with van der Waals surface area (Å²) in [6.07, 6.45) is 3.56. The number of nitrogens with one attached hydrogen (secondary N) is 1. The van der Waals surface area contributed by atoms with Gasteiger partial charge in [-0.3, -0.25) is 14.4 Å². The summed E-state index contributed by atoms with van der Waals surface area (Å²) in [5.74, 6) is 0.311. The number of rotatable bonds is 7. The van der Waals surface area contributed by atoms with Gasteiger partial charge in [0.2, 0.25) is 5.91 Å². The zero-order chi connectivity index (χ0) is 19.2. The van der Waals surface area contributed by atoms with Crippen LogP contribution in [0.4, 0.5) is 0 Å². The molecule has 0 bridgehead atoms. The molecule has 5 nitrogen and oxygen atoms in total. The van der Waals surface area contributed by atoms with Gasteiger partial charge in [-0.1, -0.05) is 48.9 Å². The summed E-state index contributed by atoms with van der Waals surface area (Å²) in [6.45, 7) is 5.47. The standard InChI is InChI=1S/C21H29ClN4O/c1-3-19-18(20(22)25(2)24-19)15-26-13-10-17(11-14-26)21(27)23-12-9-16-7-5-4-6-8-16/h4-8,17H,3,9-15H2,1-2H3,(H,23,27). The van der Waals surface area contributed by atoms with Crippen LogP contribution in [-0.4, -0.2) is 40.2 Å². The van der Waals surface area contributed by atoms with Crippen molar-refractivity contribution in [1.82, 2.24) is 20.0 Å². The second-order valence-electron chi connectivity index (χ2n) is 7.27. The van der Waals surface area contributed by atoms with Crippen molar-refractivity contribution in [3.63, 3.8) is 0 Å². The van der Waals surface area contributed by atoms with Gasteiger partial charge >= 0.3 is 0 Å². The van der Waals surface area contributed by atoms with Crippen molar-refractivity contribution in [3.05, 3.63) is 52.3 Å². The fourth-order valence-electron chi connectivity index (χ4n) is 3.74. The van der Waals surface area contributed by atoms with E-state index in [1.54, 1.807) is 4.68 Å². The van der Waals surface area contributed by atoms with Gasteiger partial charge in [-0.15, -0.1) is 0 Å². The van der Waals surface area contributed by atoms with E-state index in [9.17, 15) is 4.79 Å². The number of benzene rings is 1. The van der Waals surface area contributed by atoms with Gasteiger partial charge < -0.3 is 5.32 Å². The van der Waals surface area contributed by atoms with Gasteiger partial charge in [-0.05, 0) is 44.3 Å². The van der Waals surface area contributed by atoms with Crippen molar-refractivity contribution in [2.24, 2.45) is 13.0 Å². The zero-order valence-electron chi connectivity index (χ0n) is 16.2. The summed E-state index contributed by atoms with van der Waals surface area (Å²) < 4.78 is 1.75. The average Bonchev–Trinajstić information content (AvgIpc) is 2.97. The molecule has 0 saturated carbocycles. The van der Waals surface area contributed by atoms with Crippen LogP contribution in [0, 0.1) is 5.92 Å². The van der Waals surface area contributed by atoms with E-state index in [1.165, 1.54) is 5.56 Å². The van der Waals surface area contributed by atoms with Crippen LogP contribution in [0.1, 0.15) is 36.6 Å². The molecule has 1 aromatic heterocycles. The number of halogens is 1. The number of carbonyl (C=O) groups excluding carboxylic acids is 1. The smallest absolute Gasteiger partial charge is 0.223 e. The highest BCUT2D eigenvalue weighted by Gasteiger charge is 2.26. The molecule has 0 unspecified atom stereocenters. The van der Waals surface area contributed by atoms with Crippen molar-refractivity contribution in [1.29, 1.82) is 0 Å². The van der Waals surface area contributed by atoms with E-state index < -0.39 is 0 Å². The third kappa shape index (κ3) is 5.11. The molecule has 2 heterocycles. The van der Waals surface area contributed by atoms with Crippen LogP contribution < -0.4 is 5.32 Å². The molecule has 0 aliphatic carbocycles. The Hall–Kier alpha value is -1.85. The Kier molecular flexibility index (Phi) is 6.91. The maximum atomic E-state index is 12.4. The maximum Gasteiger partial charge on any atom is 0.223 e. The minimum atomic E-state index is 0.118. The van der Waals surface area contributed by atoms with Crippen molar-refractivity contribution >= 4 is 17.5 Å². The number of nitrogens with zero attached hydrogens (tertiary/aromatic N) is 3. The first kappa shape index (κ1) is 19.9. The van der Waals surface area contributed by atoms with Crippen LogP contribution in [0.25, 0.3) is 0 Å². The molecule has 1 saturated heterocycles. The van der Waals surface area contributed by atoms with Gasteiger partial charge in [0.05, 0.1) is 5.69 Å². The van der Waals surface area contributed by atoms with Crippen molar-refractivity contribution < 1.29 is 4.79 Å². The molecule has 3 rings (SSSR count). The minimum absolute atomic E-state index is 0.118. The second kappa shape index (κ2) is 9.38. The third-order valence-corrected chi connectivity index (χ3v) is 5.86. The number of piperidine rings is 1. The van der Waals surface area contributed by atoms with E-state index in [1.807, 2.05) is 25.2 Å². The van der Waals surface area contributed by atoms with Crippen LogP contribution in [0.5, 0.6) is 0 Å². The quantitative estimate of drug-likeness (QED) is 0.792. The Balaban J connectivity index is 1.44. The van der Waals surface area contributed by atoms with Gasteiger partial charge in [0.1, 0.15) is 5.15 Å². The molecular weight excluding hydrogens is 360 g/mol. The van der Waals surface area contributed by atoms with Gasteiger partial charge in [0.15, 0.2) is 0 Å². The largest absolute Gasteiger partial charge is 0.356 e. The molecule has 6 heteroatoms. The SMILES string of the molecule is CCc1nn(C)c(Cl)c1CN1CCC(C(=O)NCCc2ccccc2)CC1. The Bertz CT molecular complexity index is 751. The molecule has 0 atom stereocenters. The molecule has 1 N–H and O–H groups in total. The molecule has 1 aromatic carbocycles. The fraction of sp³-hybridized carbons (Fsp3) is 0.524. The van der Waals surface area contributed by atoms with E-state index in [0.717, 1.165) is 61.7 Å². The van der Waals surface area contributed by atoms with Crippen LogP contribution in [0.3, 0.4) is 0 Å². The van der Waals surface area contributed by atoms with E-state index >= 15 is 0 Å². The number of hydrogen-bond donors (Lipinski definition) is 1. The Morgan fingerprint density at radius 2 is 1.96 bits per heavy atom. The molecule has 146 valence electrons. The van der Waals surface area contributed by atoms with E-state index in [4.69, 9.17) is 11.6 Å². The summed E-state index contributed by atoms with van der Waals surface area (Å²) in [6, 6.07) is 10.3. The van der Waals surface area contributed by atoms with Crippen LogP contribution in [-0.2, 0) is 31.2 Å². The normalized spacial score (nSPS) is 15.8. The van der Waals surface area contributed by atoms with Crippen molar-refractivity contribution in [2.75, 3.05) is 19.6 Å². The summed E-state index contributed by atoms with van der Waals surface area (Å²) >= 11 is 6.41. The number of aromatic nitrogens is 2. The maximum absolute atomic E-state index is 12.4. The van der Waals surface area contributed by atoms with Gasteiger partial charge in [0.25, 0.3) is 0 Å². The number of amides is 1. The van der Waals surface area contributed by atoms with E-state index in [2.05, 4.69) is 34.4 Å². The average molecular weight is 389 g/mol. The molecule has 2 aromatic rings. The highest BCUT2D eigenvalue weighted by atomic mass is 35.5. The lowest BCUT2D eigenvalue weighted by atomic mass is 9.95. The zero-order valence-corrected chi connectivity index (χ0v) is 17.0. The van der Waals surface area contributed by atoms with E-state index in [-0.39, 0.29) is 11.8 Å². The third-order valence-electron chi connectivity index (χ3n) is 5.38. The molecule has 0 radical (unpaired) electrons. The topological polar surface area (TPSA) is 50.2 Å². The molecule has 27 heavy (non-hydrogen) atoms. The Morgan fingerprint density at radius 1 is 1.26 bits per heavy atom. The lowest BCUT2D eigenvalue weighted by Gasteiger charge is -2.31. The second-order valence-corrected chi connectivity index (χ2v) is 7.63. The summed E-state index contributed by atoms with van der Waals surface area (Å²) in [5.41, 5.74) is 3.46. The number of carbonyl (C=O) groups is 1. The summed E-state index contributed by atoms with van der Waals surface area (Å²) in [4.78, 5) is 14.8. The summed E-state index contributed by atoms with van der Waals surface area (Å²) in [7, 11) is 1.89. The first-order chi connectivity index (χ1) is 13.1. The lowest BCUT2D eigenvalue weighted by molar-refractivity contribution is -0.126. The monoisotopic (exact) mass is 388 g/mol. The van der Waals surface area contributed by atoms with Crippen LogP contribution >= 0.6 is 11.6 Å². The molecule has 1 fully saturated rings. The predicted molar refractivity (Wildman–Crippen MR) is 109 cm³/mol.